The molecule has 8 rings (SSSR count). The molecule has 0 radical (unpaired) electrons. The van der Waals surface area contributed by atoms with Crippen molar-refractivity contribution in [3.8, 4) is 11.5 Å². The molecule has 2 atom stereocenters. The highest BCUT2D eigenvalue weighted by Crippen LogP contribution is 2.43. The van der Waals surface area contributed by atoms with Crippen LogP contribution in [-0.2, 0) is 12.8 Å². The predicted octanol–water partition coefficient (Wildman–Crippen LogP) is 8.91. The lowest BCUT2D eigenvalue weighted by molar-refractivity contribution is 0.189. The number of rotatable bonds is 6. The lowest BCUT2D eigenvalue weighted by atomic mass is 10.0. The third kappa shape index (κ3) is 7.28. The van der Waals surface area contributed by atoms with Gasteiger partial charge in [0.15, 0.2) is 0 Å². The molecule has 0 aromatic heterocycles. The SMILES string of the molecule is Cc1ccc(P(c2ccc(C)cc2)c2cccc3c2OC2CCCC(C3)Oc3c(cccc3P(c3ccc(C)cc3)c3ccc(C)cc3)C2)cc1. The van der Waals surface area contributed by atoms with E-state index in [2.05, 4.69) is 161 Å². The topological polar surface area (TPSA) is 18.5 Å². The van der Waals surface area contributed by atoms with Gasteiger partial charge < -0.3 is 9.47 Å². The molecule has 0 saturated carbocycles. The first-order valence-corrected chi connectivity index (χ1v) is 21.0. The van der Waals surface area contributed by atoms with Gasteiger partial charge in [0.2, 0.25) is 0 Å². The standard InChI is InChI=1S/C47H46O2P2/c1-32-14-22-40(23-15-32)50(41-24-16-33(2)17-25-41)44-12-5-8-36-30-39-11-7-10-38(48-46(36)44)31-37-9-6-13-45(47(37)49-39)51(42-26-18-34(3)19-27-42)43-28-20-35(4)21-29-43/h5-6,8-9,12-29,38-39H,7,10-11,30-31H2,1-4H3. The highest BCUT2D eigenvalue weighted by atomic mass is 31.1. The molecule has 4 heteroatoms. The number of ether oxygens (including phenoxy) is 2. The highest BCUT2D eigenvalue weighted by Gasteiger charge is 2.32. The summed E-state index contributed by atoms with van der Waals surface area (Å²) in [5.41, 5.74) is 7.64. The number of benzene rings is 6. The molecule has 2 bridgehead atoms. The molecule has 0 saturated heterocycles. The van der Waals surface area contributed by atoms with E-state index >= 15 is 0 Å². The number of fused-ring (bicyclic) bond motifs is 6. The largest absolute Gasteiger partial charge is 0.489 e. The van der Waals surface area contributed by atoms with Crippen molar-refractivity contribution in [3.63, 3.8) is 0 Å². The molecule has 2 heterocycles. The van der Waals surface area contributed by atoms with Crippen LogP contribution in [0.3, 0.4) is 0 Å². The van der Waals surface area contributed by atoms with Crippen molar-refractivity contribution in [1.82, 2.24) is 0 Å². The quantitative estimate of drug-likeness (QED) is 0.161. The van der Waals surface area contributed by atoms with Gasteiger partial charge in [0.25, 0.3) is 0 Å². The maximum atomic E-state index is 7.36. The van der Waals surface area contributed by atoms with Crippen molar-refractivity contribution < 1.29 is 9.47 Å². The van der Waals surface area contributed by atoms with Crippen LogP contribution < -0.4 is 41.3 Å². The fourth-order valence-electron chi connectivity index (χ4n) is 7.52. The van der Waals surface area contributed by atoms with Gasteiger partial charge >= 0.3 is 0 Å². The Bertz CT molecular complexity index is 1870. The third-order valence-electron chi connectivity index (χ3n) is 10.3. The second-order valence-corrected chi connectivity index (χ2v) is 18.7. The number of aryl methyl sites for hydroxylation is 4. The average molecular weight is 705 g/mol. The van der Waals surface area contributed by atoms with Crippen LogP contribution >= 0.6 is 15.8 Å². The molecule has 2 nitrogen and oxygen atoms in total. The van der Waals surface area contributed by atoms with Crippen LogP contribution in [0.2, 0.25) is 0 Å². The monoisotopic (exact) mass is 704 g/mol. The minimum atomic E-state index is -0.825. The van der Waals surface area contributed by atoms with E-state index in [1.54, 1.807) is 0 Å². The lowest BCUT2D eigenvalue weighted by Crippen LogP contribution is -2.30. The Morgan fingerprint density at radius 2 is 0.725 bits per heavy atom. The molecule has 2 aliphatic rings. The molecule has 256 valence electrons. The number of hydrogen-bond donors (Lipinski definition) is 0. The molecule has 6 aromatic rings. The zero-order valence-electron chi connectivity index (χ0n) is 30.1. The van der Waals surface area contributed by atoms with Crippen molar-refractivity contribution in [2.24, 2.45) is 0 Å². The van der Waals surface area contributed by atoms with E-state index in [0.29, 0.717) is 0 Å². The summed E-state index contributed by atoms with van der Waals surface area (Å²) in [6, 6.07) is 50.3. The summed E-state index contributed by atoms with van der Waals surface area (Å²) in [6.45, 7) is 8.67. The van der Waals surface area contributed by atoms with E-state index in [1.807, 2.05) is 0 Å². The van der Waals surface area contributed by atoms with E-state index in [-0.39, 0.29) is 12.2 Å². The second-order valence-electron chi connectivity index (χ2n) is 14.4. The summed E-state index contributed by atoms with van der Waals surface area (Å²) in [7, 11) is -1.65. The maximum absolute atomic E-state index is 7.36. The first-order chi connectivity index (χ1) is 24.9. The smallest absolute Gasteiger partial charge is 0.131 e. The van der Waals surface area contributed by atoms with E-state index < -0.39 is 15.8 Å². The van der Waals surface area contributed by atoms with Crippen LogP contribution in [0.1, 0.15) is 52.6 Å². The number of para-hydroxylation sites is 2. The zero-order valence-corrected chi connectivity index (χ0v) is 31.9. The van der Waals surface area contributed by atoms with Crippen LogP contribution in [0.25, 0.3) is 0 Å². The Morgan fingerprint density at radius 3 is 1.04 bits per heavy atom. The molecule has 0 aliphatic carbocycles. The molecule has 0 N–H and O–H groups in total. The van der Waals surface area contributed by atoms with Crippen LogP contribution in [0.4, 0.5) is 0 Å². The first kappa shape index (κ1) is 33.9. The summed E-state index contributed by atoms with van der Waals surface area (Å²) >= 11 is 0. The summed E-state index contributed by atoms with van der Waals surface area (Å²) < 4.78 is 14.7. The van der Waals surface area contributed by atoms with Crippen LogP contribution in [-0.4, -0.2) is 12.2 Å². The molecule has 2 unspecified atom stereocenters. The summed E-state index contributed by atoms with van der Waals surface area (Å²) in [5.74, 6) is 2.15. The van der Waals surface area contributed by atoms with E-state index in [1.165, 1.54) is 65.2 Å². The van der Waals surface area contributed by atoms with Gasteiger partial charge in [0.05, 0.1) is 0 Å². The minimum absolute atomic E-state index is 0.0530. The van der Waals surface area contributed by atoms with E-state index in [4.69, 9.17) is 9.47 Å². The van der Waals surface area contributed by atoms with Crippen LogP contribution in [0.5, 0.6) is 11.5 Å². The molecular formula is C47H46O2P2. The Morgan fingerprint density at radius 1 is 0.412 bits per heavy atom. The Kier molecular flexibility index (Phi) is 9.83. The van der Waals surface area contributed by atoms with Crippen molar-refractivity contribution >= 4 is 47.7 Å². The molecule has 2 aliphatic heterocycles. The van der Waals surface area contributed by atoms with Gasteiger partial charge in [-0.1, -0.05) is 156 Å². The maximum Gasteiger partial charge on any atom is 0.131 e. The Labute approximate surface area is 306 Å². The molecule has 0 fully saturated rings. The van der Waals surface area contributed by atoms with Gasteiger partial charge in [-0.25, -0.2) is 0 Å². The van der Waals surface area contributed by atoms with E-state index in [0.717, 1.165) is 43.6 Å². The zero-order chi connectivity index (χ0) is 34.9. The second kappa shape index (κ2) is 14.8. The summed E-state index contributed by atoms with van der Waals surface area (Å²) in [4.78, 5) is 0. The summed E-state index contributed by atoms with van der Waals surface area (Å²) in [6.07, 6.45) is 4.85. The lowest BCUT2D eigenvalue weighted by Gasteiger charge is -2.30. The van der Waals surface area contributed by atoms with Gasteiger partial charge in [-0.3, -0.25) is 0 Å². The molecule has 51 heavy (non-hydrogen) atoms. The van der Waals surface area contributed by atoms with Gasteiger partial charge in [-0.15, -0.1) is 0 Å². The molecule has 0 amide bonds. The van der Waals surface area contributed by atoms with Gasteiger partial charge in [-0.05, 0) is 95.1 Å². The Hall–Kier alpha value is -4.22. The fourth-order valence-corrected chi connectivity index (χ4v) is 12.3. The Balaban J connectivity index is 1.23. The van der Waals surface area contributed by atoms with Gasteiger partial charge in [0, 0.05) is 23.5 Å². The van der Waals surface area contributed by atoms with Crippen molar-refractivity contribution in [3.05, 3.63) is 167 Å². The predicted molar refractivity (Wildman–Crippen MR) is 219 cm³/mol. The third-order valence-corrected chi connectivity index (χ3v) is 15.2. The fraction of sp³-hybridized carbons (Fsp3) is 0.234. The molecular weight excluding hydrogens is 658 g/mol. The van der Waals surface area contributed by atoms with Crippen molar-refractivity contribution in [1.29, 1.82) is 0 Å². The van der Waals surface area contributed by atoms with Crippen LogP contribution in [0.15, 0.2) is 133 Å². The van der Waals surface area contributed by atoms with E-state index in [9.17, 15) is 0 Å². The minimum Gasteiger partial charge on any atom is -0.489 e. The number of hydrogen-bond acceptors (Lipinski definition) is 2. The first-order valence-electron chi connectivity index (χ1n) is 18.3. The van der Waals surface area contributed by atoms with Gasteiger partial charge in [-0.2, -0.15) is 0 Å². The normalized spacial score (nSPS) is 16.9. The highest BCUT2D eigenvalue weighted by molar-refractivity contribution is 7.80. The van der Waals surface area contributed by atoms with Crippen LogP contribution in [0, 0.1) is 27.7 Å². The average Bonchev–Trinajstić information content (AvgIpc) is 3.28. The van der Waals surface area contributed by atoms with Crippen molar-refractivity contribution in [2.75, 3.05) is 0 Å². The van der Waals surface area contributed by atoms with Crippen molar-refractivity contribution in [2.45, 2.75) is 72.0 Å². The van der Waals surface area contributed by atoms with Gasteiger partial charge in [0.1, 0.15) is 23.7 Å². The summed E-state index contributed by atoms with van der Waals surface area (Å²) in [5, 5.41) is 8.01. The molecule has 6 aromatic carbocycles. The molecule has 0 spiro atoms.